The van der Waals surface area contributed by atoms with E-state index in [9.17, 15) is 13.2 Å². The van der Waals surface area contributed by atoms with Crippen LogP contribution in [0.15, 0.2) is 71.1 Å². The Hall–Kier alpha value is -2.79. The molecule has 0 amide bonds. The van der Waals surface area contributed by atoms with Gasteiger partial charge in [-0.25, -0.2) is 13.4 Å². The number of aromatic nitrogens is 1. The van der Waals surface area contributed by atoms with Gasteiger partial charge in [0.05, 0.1) is 18.0 Å². The maximum Gasteiger partial charge on any atom is 0.320 e. The van der Waals surface area contributed by atoms with Crippen molar-refractivity contribution in [3.05, 3.63) is 76.7 Å². The fourth-order valence-corrected chi connectivity index (χ4v) is 5.79. The predicted octanol–water partition coefficient (Wildman–Crippen LogP) is 2.08. The molecule has 8 nitrogen and oxygen atoms in total. The molecule has 31 heavy (non-hydrogen) atoms. The lowest BCUT2D eigenvalue weighted by Gasteiger charge is -2.47. The Kier molecular flexibility index (Phi) is 5.80. The maximum absolute atomic E-state index is 13.2. The first-order valence-electron chi connectivity index (χ1n) is 9.52. The molecule has 1 aliphatic heterocycles. The Morgan fingerprint density at radius 3 is 2.61 bits per heavy atom. The zero-order valence-electron chi connectivity index (χ0n) is 16.4. The lowest BCUT2D eigenvalue weighted by Crippen LogP contribution is -2.63. The minimum Gasteiger partial charge on any atom is -0.480 e. The largest absolute Gasteiger partial charge is 0.480 e. The van der Waals surface area contributed by atoms with Crippen molar-refractivity contribution in [3.63, 3.8) is 0 Å². The van der Waals surface area contributed by atoms with E-state index >= 15 is 0 Å². The van der Waals surface area contributed by atoms with E-state index in [1.807, 2.05) is 35.7 Å². The molecule has 0 spiro atoms. The third-order valence-corrected chi connectivity index (χ3v) is 7.80. The molecule has 1 saturated heterocycles. The van der Waals surface area contributed by atoms with Gasteiger partial charge in [0.2, 0.25) is 10.0 Å². The number of benzene rings is 2. The minimum atomic E-state index is -3.79. The second-order valence-corrected chi connectivity index (χ2v) is 10.1. The summed E-state index contributed by atoms with van der Waals surface area (Å²) in [7, 11) is -3.79. The van der Waals surface area contributed by atoms with Crippen LogP contribution in [-0.2, 0) is 26.8 Å². The van der Waals surface area contributed by atoms with E-state index in [1.54, 1.807) is 18.3 Å². The Morgan fingerprint density at radius 2 is 1.97 bits per heavy atom. The molecule has 0 radical (unpaired) electrons. The van der Waals surface area contributed by atoms with Gasteiger partial charge in [0.25, 0.3) is 0 Å². The van der Waals surface area contributed by atoms with Crippen molar-refractivity contribution >= 4 is 27.3 Å². The Balaban J connectivity index is 1.56. The third kappa shape index (κ3) is 4.33. The monoisotopic (exact) mass is 459 g/mol. The molecule has 162 valence electrons. The minimum absolute atomic E-state index is 0.0405. The number of thiazole rings is 1. The van der Waals surface area contributed by atoms with Gasteiger partial charge < -0.3 is 15.6 Å². The molecular formula is C21H21N3O5S2. The van der Waals surface area contributed by atoms with Gasteiger partial charge in [-0.15, -0.1) is 11.3 Å². The highest BCUT2D eigenvalue weighted by atomic mass is 32.2. The van der Waals surface area contributed by atoms with E-state index in [2.05, 4.69) is 4.98 Å². The van der Waals surface area contributed by atoms with Crippen molar-refractivity contribution in [2.24, 2.45) is 5.73 Å². The first-order valence-corrected chi connectivity index (χ1v) is 11.8. The van der Waals surface area contributed by atoms with Gasteiger partial charge in [0.15, 0.2) is 5.60 Å². The smallest absolute Gasteiger partial charge is 0.320 e. The van der Waals surface area contributed by atoms with E-state index in [-0.39, 0.29) is 24.4 Å². The van der Waals surface area contributed by atoms with Crippen LogP contribution >= 0.6 is 11.3 Å². The number of carboxylic acids is 1. The number of nitrogens with two attached hydrogens (primary N) is 1. The van der Waals surface area contributed by atoms with Crippen LogP contribution in [0.5, 0.6) is 5.75 Å². The normalized spacial score (nSPS) is 16.9. The van der Waals surface area contributed by atoms with Gasteiger partial charge in [-0.2, -0.15) is 4.31 Å². The van der Waals surface area contributed by atoms with Crippen LogP contribution in [0.1, 0.15) is 10.6 Å². The summed E-state index contributed by atoms with van der Waals surface area (Å²) in [6.07, 6.45) is 1.71. The second-order valence-electron chi connectivity index (χ2n) is 7.32. The number of sulfonamides is 1. The maximum atomic E-state index is 13.2. The van der Waals surface area contributed by atoms with Gasteiger partial charge in [-0.05, 0) is 36.2 Å². The number of aliphatic carboxylic acids is 1. The molecule has 4 rings (SSSR count). The molecule has 2 heterocycles. The number of nitrogens with zero attached hydrogens (tertiary/aromatic N) is 2. The number of para-hydroxylation sites is 1. The summed E-state index contributed by atoms with van der Waals surface area (Å²) in [4.78, 5) is 15.5. The SMILES string of the molecule is N[C@@H](Cc1cccc(S(=O)(=O)N2CC(Oc3ccccc3)(c3nccs3)C2)c1)C(=O)O. The topological polar surface area (TPSA) is 123 Å². The second kappa shape index (κ2) is 8.39. The van der Waals surface area contributed by atoms with Gasteiger partial charge in [0, 0.05) is 11.6 Å². The first-order chi connectivity index (χ1) is 14.8. The molecule has 10 heteroatoms. The molecule has 0 bridgehead atoms. The van der Waals surface area contributed by atoms with Crippen molar-refractivity contribution in [2.75, 3.05) is 13.1 Å². The number of carboxylic acid groups (broad SMARTS) is 1. The highest BCUT2D eigenvalue weighted by molar-refractivity contribution is 7.89. The third-order valence-electron chi connectivity index (χ3n) is 5.05. The number of hydrogen-bond acceptors (Lipinski definition) is 7. The molecule has 0 aliphatic carbocycles. The van der Waals surface area contributed by atoms with Crippen LogP contribution in [0, 0.1) is 0 Å². The molecule has 1 fully saturated rings. The average molecular weight is 460 g/mol. The number of hydrogen-bond donors (Lipinski definition) is 2. The Labute approximate surface area is 184 Å². The van der Waals surface area contributed by atoms with Crippen LogP contribution in [0.2, 0.25) is 0 Å². The summed E-state index contributed by atoms with van der Waals surface area (Å²) < 4.78 is 34.0. The van der Waals surface area contributed by atoms with E-state index in [1.165, 1.54) is 27.8 Å². The molecule has 1 atom stereocenters. The fourth-order valence-electron chi connectivity index (χ4n) is 3.42. The van der Waals surface area contributed by atoms with Crippen LogP contribution in [0.25, 0.3) is 0 Å². The van der Waals surface area contributed by atoms with Gasteiger partial charge in [-0.3, -0.25) is 4.79 Å². The van der Waals surface area contributed by atoms with Crippen molar-refractivity contribution < 1.29 is 23.1 Å². The van der Waals surface area contributed by atoms with Crippen LogP contribution in [0.3, 0.4) is 0 Å². The summed E-state index contributed by atoms with van der Waals surface area (Å²) in [5.41, 5.74) is 5.28. The summed E-state index contributed by atoms with van der Waals surface area (Å²) in [6.45, 7) is 0.243. The molecule has 0 unspecified atom stereocenters. The molecule has 3 aromatic rings. The number of ether oxygens (including phenoxy) is 1. The number of rotatable bonds is 8. The highest BCUT2D eigenvalue weighted by Crippen LogP contribution is 2.40. The van der Waals surface area contributed by atoms with E-state index in [0.29, 0.717) is 16.3 Å². The molecule has 1 aliphatic rings. The average Bonchev–Trinajstić information content (AvgIpc) is 3.26. The van der Waals surface area contributed by atoms with Crippen LogP contribution in [-0.4, -0.2) is 47.9 Å². The van der Waals surface area contributed by atoms with Crippen molar-refractivity contribution in [1.29, 1.82) is 0 Å². The van der Waals surface area contributed by atoms with E-state index < -0.39 is 27.6 Å². The Morgan fingerprint density at radius 1 is 1.23 bits per heavy atom. The summed E-state index contributed by atoms with van der Waals surface area (Å²) >= 11 is 1.42. The van der Waals surface area contributed by atoms with E-state index in [4.69, 9.17) is 15.6 Å². The summed E-state index contributed by atoms with van der Waals surface area (Å²) in [5, 5.41) is 11.5. The van der Waals surface area contributed by atoms with Gasteiger partial charge in [0.1, 0.15) is 16.8 Å². The van der Waals surface area contributed by atoms with Crippen LogP contribution < -0.4 is 10.5 Å². The molecule has 3 N–H and O–H groups in total. The molecule has 1 aromatic heterocycles. The first kappa shape index (κ1) is 21.4. The van der Waals surface area contributed by atoms with Gasteiger partial charge >= 0.3 is 5.97 Å². The van der Waals surface area contributed by atoms with Crippen LogP contribution in [0.4, 0.5) is 0 Å². The summed E-state index contributed by atoms with van der Waals surface area (Å²) in [5.74, 6) is -0.498. The van der Waals surface area contributed by atoms with Gasteiger partial charge in [-0.1, -0.05) is 30.3 Å². The fraction of sp³-hybridized carbons (Fsp3) is 0.238. The molecular weight excluding hydrogens is 438 g/mol. The van der Waals surface area contributed by atoms with Crippen molar-refractivity contribution in [1.82, 2.24) is 9.29 Å². The standard InChI is InChI=1S/C21H21N3O5S2/c22-18(19(25)26)12-15-5-4-8-17(11-15)31(27,28)24-13-21(14-24,20-23-9-10-30-20)29-16-6-2-1-3-7-16/h1-11,18H,12-14,22H2,(H,25,26)/t18-/m0/s1. The quantitative estimate of drug-likeness (QED) is 0.529. The van der Waals surface area contributed by atoms with E-state index in [0.717, 1.165) is 0 Å². The Bertz CT molecular complexity index is 1160. The lowest BCUT2D eigenvalue weighted by atomic mass is 9.97. The summed E-state index contributed by atoms with van der Waals surface area (Å²) in [6, 6.07) is 14.3. The predicted molar refractivity (Wildman–Crippen MR) is 115 cm³/mol. The molecule has 0 saturated carbocycles. The van der Waals surface area contributed by atoms with Crippen molar-refractivity contribution in [2.45, 2.75) is 23.0 Å². The zero-order valence-corrected chi connectivity index (χ0v) is 18.1. The highest BCUT2D eigenvalue weighted by Gasteiger charge is 2.53. The number of carbonyl (C=O) groups is 1. The lowest BCUT2D eigenvalue weighted by molar-refractivity contribution is -0.138. The van der Waals surface area contributed by atoms with Crippen molar-refractivity contribution in [3.8, 4) is 5.75 Å². The zero-order chi connectivity index (χ0) is 22.1. The molecule has 2 aromatic carbocycles.